The summed E-state index contributed by atoms with van der Waals surface area (Å²) in [7, 11) is 0. The van der Waals surface area contributed by atoms with E-state index >= 15 is 0 Å². The van der Waals surface area contributed by atoms with Crippen LogP contribution in [0.3, 0.4) is 0 Å². The standard InChI is InChI=1S/C12H14N4O2/c17-12(9-3-6-18-8-9)11-7-16(15-14-11)10-1-4-13-5-2-10/h3,6-8,10,13H,1-2,4-5H2. The zero-order valence-corrected chi connectivity index (χ0v) is 9.87. The molecule has 1 saturated heterocycles. The van der Waals surface area contributed by atoms with Crippen LogP contribution in [0.5, 0.6) is 0 Å². The van der Waals surface area contributed by atoms with Crippen molar-refractivity contribution in [3.63, 3.8) is 0 Å². The van der Waals surface area contributed by atoms with E-state index in [4.69, 9.17) is 4.42 Å². The Hall–Kier alpha value is -1.95. The molecule has 2 aromatic rings. The number of carbonyl (C=O) groups excluding carboxylic acids is 1. The van der Waals surface area contributed by atoms with Crippen LogP contribution in [0.2, 0.25) is 0 Å². The molecule has 0 radical (unpaired) electrons. The van der Waals surface area contributed by atoms with E-state index in [2.05, 4.69) is 15.6 Å². The molecule has 0 saturated carbocycles. The van der Waals surface area contributed by atoms with E-state index in [-0.39, 0.29) is 5.78 Å². The average Bonchev–Trinajstić information content (AvgIpc) is 3.10. The molecule has 0 amide bonds. The van der Waals surface area contributed by atoms with Crippen molar-refractivity contribution in [1.82, 2.24) is 20.3 Å². The Bertz CT molecular complexity index is 526. The normalized spacial score (nSPS) is 16.9. The Morgan fingerprint density at radius 1 is 1.44 bits per heavy atom. The molecule has 1 aliphatic rings. The zero-order chi connectivity index (χ0) is 12.4. The molecule has 3 heterocycles. The number of ketones is 1. The number of furan rings is 1. The Morgan fingerprint density at radius 3 is 3.00 bits per heavy atom. The van der Waals surface area contributed by atoms with Gasteiger partial charge in [0.2, 0.25) is 5.78 Å². The summed E-state index contributed by atoms with van der Waals surface area (Å²) >= 11 is 0. The van der Waals surface area contributed by atoms with Crippen molar-refractivity contribution in [1.29, 1.82) is 0 Å². The van der Waals surface area contributed by atoms with E-state index in [0.29, 0.717) is 17.3 Å². The predicted molar refractivity (Wildman–Crippen MR) is 63.3 cm³/mol. The molecule has 0 unspecified atom stereocenters. The Balaban J connectivity index is 1.78. The van der Waals surface area contributed by atoms with E-state index in [0.717, 1.165) is 25.9 Å². The first kappa shape index (κ1) is 11.2. The summed E-state index contributed by atoms with van der Waals surface area (Å²) < 4.78 is 6.70. The lowest BCUT2D eigenvalue weighted by atomic mass is 10.1. The summed E-state index contributed by atoms with van der Waals surface area (Å²) in [6.45, 7) is 1.96. The number of nitrogens with zero attached hydrogens (tertiary/aromatic N) is 3. The van der Waals surface area contributed by atoms with Gasteiger partial charge >= 0.3 is 0 Å². The smallest absolute Gasteiger partial charge is 0.218 e. The molecule has 0 aromatic carbocycles. The molecule has 18 heavy (non-hydrogen) atoms. The van der Waals surface area contributed by atoms with Crippen LogP contribution in [0.4, 0.5) is 0 Å². The average molecular weight is 246 g/mol. The molecular weight excluding hydrogens is 232 g/mol. The number of carbonyl (C=O) groups is 1. The van der Waals surface area contributed by atoms with Crippen molar-refractivity contribution >= 4 is 5.78 Å². The molecular formula is C12H14N4O2. The molecule has 0 aliphatic carbocycles. The van der Waals surface area contributed by atoms with Crippen LogP contribution in [-0.4, -0.2) is 33.9 Å². The van der Waals surface area contributed by atoms with Crippen LogP contribution in [-0.2, 0) is 0 Å². The maximum atomic E-state index is 12.0. The highest BCUT2D eigenvalue weighted by atomic mass is 16.3. The third-order valence-electron chi connectivity index (χ3n) is 3.21. The lowest BCUT2D eigenvalue weighted by molar-refractivity contribution is 0.103. The second-order valence-electron chi connectivity index (χ2n) is 4.41. The summed E-state index contributed by atoms with van der Waals surface area (Å²) in [5, 5.41) is 11.3. The number of nitrogens with one attached hydrogen (secondary N) is 1. The summed E-state index contributed by atoms with van der Waals surface area (Å²) in [5.74, 6) is -0.149. The van der Waals surface area contributed by atoms with Gasteiger partial charge in [-0.3, -0.25) is 4.79 Å². The van der Waals surface area contributed by atoms with Gasteiger partial charge in [0.05, 0.1) is 24.1 Å². The zero-order valence-electron chi connectivity index (χ0n) is 9.87. The molecule has 6 heteroatoms. The van der Waals surface area contributed by atoms with Crippen LogP contribution in [0.1, 0.15) is 34.9 Å². The quantitative estimate of drug-likeness (QED) is 0.819. The number of hydrogen-bond acceptors (Lipinski definition) is 5. The van der Waals surface area contributed by atoms with Gasteiger partial charge in [-0.05, 0) is 32.0 Å². The molecule has 1 fully saturated rings. The Labute approximate surface area is 104 Å². The minimum absolute atomic E-state index is 0.149. The highest BCUT2D eigenvalue weighted by Gasteiger charge is 2.19. The fourth-order valence-electron chi connectivity index (χ4n) is 2.17. The molecule has 1 N–H and O–H groups in total. The van der Waals surface area contributed by atoms with E-state index in [1.807, 2.05) is 0 Å². The second kappa shape index (κ2) is 4.73. The first-order chi connectivity index (χ1) is 8.84. The Kier molecular flexibility index (Phi) is 2.93. The predicted octanol–water partition coefficient (Wildman–Crippen LogP) is 1.03. The lowest BCUT2D eigenvalue weighted by Gasteiger charge is -2.21. The molecule has 0 atom stereocenters. The van der Waals surface area contributed by atoms with Gasteiger partial charge < -0.3 is 9.73 Å². The minimum atomic E-state index is -0.149. The van der Waals surface area contributed by atoms with Crippen molar-refractivity contribution in [3.8, 4) is 0 Å². The van der Waals surface area contributed by atoms with E-state index in [9.17, 15) is 4.79 Å². The van der Waals surface area contributed by atoms with Gasteiger partial charge in [0.1, 0.15) is 6.26 Å². The van der Waals surface area contributed by atoms with Crippen molar-refractivity contribution < 1.29 is 9.21 Å². The van der Waals surface area contributed by atoms with Crippen LogP contribution in [0, 0.1) is 0 Å². The number of hydrogen-bond donors (Lipinski definition) is 1. The molecule has 0 bridgehead atoms. The van der Waals surface area contributed by atoms with Gasteiger partial charge in [-0.2, -0.15) is 0 Å². The van der Waals surface area contributed by atoms with Gasteiger partial charge in [-0.25, -0.2) is 4.68 Å². The van der Waals surface area contributed by atoms with E-state index in [1.54, 1.807) is 16.9 Å². The van der Waals surface area contributed by atoms with Crippen molar-refractivity contribution in [2.75, 3.05) is 13.1 Å². The van der Waals surface area contributed by atoms with Crippen LogP contribution >= 0.6 is 0 Å². The monoisotopic (exact) mass is 246 g/mol. The first-order valence-corrected chi connectivity index (χ1v) is 6.04. The maximum Gasteiger partial charge on any atom is 0.218 e. The Morgan fingerprint density at radius 2 is 2.28 bits per heavy atom. The van der Waals surface area contributed by atoms with Gasteiger partial charge in [-0.1, -0.05) is 5.21 Å². The van der Waals surface area contributed by atoms with Crippen molar-refractivity contribution in [2.24, 2.45) is 0 Å². The van der Waals surface area contributed by atoms with E-state index in [1.165, 1.54) is 12.5 Å². The van der Waals surface area contributed by atoms with Gasteiger partial charge in [0, 0.05) is 0 Å². The van der Waals surface area contributed by atoms with E-state index < -0.39 is 0 Å². The lowest BCUT2D eigenvalue weighted by Crippen LogP contribution is -2.29. The van der Waals surface area contributed by atoms with Gasteiger partial charge in [0.15, 0.2) is 5.69 Å². The minimum Gasteiger partial charge on any atom is -0.472 e. The van der Waals surface area contributed by atoms with Gasteiger partial charge in [-0.15, -0.1) is 5.10 Å². The van der Waals surface area contributed by atoms with Gasteiger partial charge in [0.25, 0.3) is 0 Å². The third kappa shape index (κ3) is 2.06. The van der Waals surface area contributed by atoms with Crippen molar-refractivity contribution in [3.05, 3.63) is 36.0 Å². The molecule has 3 rings (SSSR count). The summed E-state index contributed by atoms with van der Waals surface area (Å²) in [4.78, 5) is 12.0. The number of piperidine rings is 1. The number of aromatic nitrogens is 3. The fraction of sp³-hybridized carbons (Fsp3) is 0.417. The summed E-state index contributed by atoms with van der Waals surface area (Å²) in [6, 6.07) is 1.97. The topological polar surface area (TPSA) is 73.0 Å². The largest absolute Gasteiger partial charge is 0.472 e. The second-order valence-corrected chi connectivity index (χ2v) is 4.41. The molecule has 2 aromatic heterocycles. The summed E-state index contributed by atoms with van der Waals surface area (Å²) in [6.07, 6.45) is 6.66. The number of rotatable bonds is 3. The highest BCUT2D eigenvalue weighted by molar-refractivity contribution is 6.07. The van der Waals surface area contributed by atoms with Crippen LogP contribution in [0.15, 0.2) is 29.2 Å². The molecule has 0 spiro atoms. The summed E-state index contributed by atoms with van der Waals surface area (Å²) in [5.41, 5.74) is 0.877. The first-order valence-electron chi connectivity index (χ1n) is 6.04. The molecule has 1 aliphatic heterocycles. The third-order valence-corrected chi connectivity index (χ3v) is 3.21. The molecule has 6 nitrogen and oxygen atoms in total. The SMILES string of the molecule is O=C(c1ccoc1)c1cn(C2CCNCC2)nn1. The fourth-order valence-corrected chi connectivity index (χ4v) is 2.17. The van der Waals surface area contributed by atoms with Crippen LogP contribution < -0.4 is 5.32 Å². The molecule has 94 valence electrons. The highest BCUT2D eigenvalue weighted by Crippen LogP contribution is 2.18. The maximum absolute atomic E-state index is 12.0. The van der Waals surface area contributed by atoms with Crippen LogP contribution in [0.25, 0.3) is 0 Å². The van der Waals surface area contributed by atoms with Crippen molar-refractivity contribution in [2.45, 2.75) is 18.9 Å².